The monoisotopic (exact) mass is 445 g/mol. The van der Waals surface area contributed by atoms with E-state index in [4.69, 9.17) is 0 Å². The van der Waals surface area contributed by atoms with E-state index in [0.717, 1.165) is 60.7 Å². The molecule has 2 heterocycles. The van der Waals surface area contributed by atoms with Crippen molar-refractivity contribution in [3.8, 4) is 0 Å². The molecule has 4 rings (SSSR count). The highest BCUT2D eigenvalue weighted by Gasteiger charge is 2.29. The Balaban J connectivity index is 1.82. The number of carbonyl (C=O) groups is 1. The van der Waals surface area contributed by atoms with Crippen molar-refractivity contribution in [1.29, 1.82) is 0 Å². The molecule has 2 aliphatic heterocycles. The normalized spacial score (nSPS) is 17.0. The van der Waals surface area contributed by atoms with Crippen LogP contribution in [-0.4, -0.2) is 52.4 Å². The number of sulfonamides is 1. The number of aryl methyl sites for hydroxylation is 1. The van der Waals surface area contributed by atoms with Gasteiger partial charge in [-0.15, -0.1) is 0 Å². The van der Waals surface area contributed by atoms with Crippen molar-refractivity contribution in [3.05, 3.63) is 53.3 Å². The number of hydrogen-bond donors (Lipinski definition) is 0. The lowest BCUT2D eigenvalue weighted by Crippen LogP contribution is -2.38. The lowest BCUT2D eigenvalue weighted by Gasteiger charge is -2.34. The third-order valence-corrected chi connectivity index (χ3v) is 7.90. The largest absolute Gasteiger partial charge is 0.371 e. The van der Waals surface area contributed by atoms with E-state index >= 15 is 0 Å². The van der Waals surface area contributed by atoms with Gasteiger partial charge >= 0.3 is 0 Å². The van der Waals surface area contributed by atoms with Gasteiger partial charge in [-0.3, -0.25) is 4.79 Å². The van der Waals surface area contributed by atoms with Crippen molar-refractivity contribution >= 4 is 27.3 Å². The number of hydrogen-bond acceptors (Lipinski definition) is 4. The SMILES string of the molecule is CN(C)S(=O)(=O)c1ccc(N2CCCCC2)c(C(=O)N2CCCc3ccc(F)cc32)c1. The molecular formula is C23H28FN3O3S. The third-order valence-electron chi connectivity index (χ3n) is 6.08. The molecule has 0 radical (unpaired) electrons. The number of rotatable bonds is 4. The fourth-order valence-corrected chi connectivity index (χ4v) is 5.30. The number of halogens is 1. The topological polar surface area (TPSA) is 60.9 Å². The van der Waals surface area contributed by atoms with Gasteiger partial charge < -0.3 is 9.80 Å². The van der Waals surface area contributed by atoms with Gasteiger partial charge in [-0.1, -0.05) is 6.07 Å². The van der Waals surface area contributed by atoms with Crippen LogP contribution in [0.2, 0.25) is 0 Å². The number of nitrogens with zero attached hydrogens (tertiary/aromatic N) is 3. The van der Waals surface area contributed by atoms with Crippen molar-refractivity contribution in [2.45, 2.75) is 37.0 Å². The zero-order valence-electron chi connectivity index (χ0n) is 18.0. The van der Waals surface area contributed by atoms with Crippen LogP contribution in [0.25, 0.3) is 0 Å². The first-order chi connectivity index (χ1) is 14.8. The molecule has 6 nitrogen and oxygen atoms in total. The lowest BCUT2D eigenvalue weighted by atomic mass is 9.99. The Morgan fingerprint density at radius 2 is 1.68 bits per heavy atom. The number of benzene rings is 2. The molecule has 0 bridgehead atoms. The number of piperidine rings is 1. The highest BCUT2D eigenvalue weighted by molar-refractivity contribution is 7.89. The van der Waals surface area contributed by atoms with Gasteiger partial charge in [0, 0.05) is 39.4 Å². The molecular weight excluding hydrogens is 417 g/mol. The van der Waals surface area contributed by atoms with Crippen molar-refractivity contribution in [1.82, 2.24) is 4.31 Å². The Labute approximate surface area is 183 Å². The van der Waals surface area contributed by atoms with Gasteiger partial charge in [0.2, 0.25) is 10.0 Å². The lowest BCUT2D eigenvalue weighted by molar-refractivity contribution is 0.0985. The first kappa shape index (κ1) is 21.8. The number of anilines is 2. The van der Waals surface area contributed by atoms with Crippen LogP contribution in [0.5, 0.6) is 0 Å². The Hall–Kier alpha value is -2.45. The Bertz CT molecular complexity index is 1100. The minimum absolute atomic E-state index is 0.0816. The molecule has 1 amide bonds. The molecule has 0 atom stereocenters. The van der Waals surface area contributed by atoms with E-state index in [9.17, 15) is 17.6 Å². The molecule has 2 aromatic carbocycles. The van der Waals surface area contributed by atoms with Crippen LogP contribution in [0.4, 0.5) is 15.8 Å². The van der Waals surface area contributed by atoms with Crippen molar-refractivity contribution in [2.75, 3.05) is 43.5 Å². The minimum Gasteiger partial charge on any atom is -0.371 e. The summed E-state index contributed by atoms with van der Waals surface area (Å²) in [4.78, 5) is 17.6. The summed E-state index contributed by atoms with van der Waals surface area (Å²) in [6.07, 6.45) is 4.77. The molecule has 2 aliphatic rings. The van der Waals surface area contributed by atoms with Crippen molar-refractivity contribution < 1.29 is 17.6 Å². The first-order valence-electron chi connectivity index (χ1n) is 10.7. The molecule has 0 aromatic heterocycles. The summed E-state index contributed by atoms with van der Waals surface area (Å²) < 4.78 is 40.6. The second-order valence-corrected chi connectivity index (χ2v) is 10.5. The van der Waals surface area contributed by atoms with Crippen LogP contribution in [0.3, 0.4) is 0 Å². The maximum atomic E-state index is 14.0. The fraction of sp³-hybridized carbons (Fsp3) is 0.435. The van der Waals surface area contributed by atoms with Gasteiger partial charge in [0.05, 0.1) is 16.1 Å². The molecule has 0 aliphatic carbocycles. The van der Waals surface area contributed by atoms with Gasteiger partial charge in [-0.05, 0) is 68.0 Å². The molecule has 0 unspecified atom stereocenters. The predicted octanol–water partition coefficient (Wildman–Crippen LogP) is 3.66. The van der Waals surface area contributed by atoms with Crippen LogP contribution >= 0.6 is 0 Å². The number of fused-ring (bicyclic) bond motifs is 1. The zero-order valence-corrected chi connectivity index (χ0v) is 18.8. The Morgan fingerprint density at radius 1 is 0.935 bits per heavy atom. The quantitative estimate of drug-likeness (QED) is 0.721. The highest BCUT2D eigenvalue weighted by Crippen LogP contribution is 2.33. The second kappa shape index (κ2) is 8.59. The molecule has 8 heteroatoms. The summed E-state index contributed by atoms with van der Waals surface area (Å²) in [7, 11) is -0.752. The van der Waals surface area contributed by atoms with E-state index < -0.39 is 15.8 Å². The second-order valence-electron chi connectivity index (χ2n) is 8.35. The van der Waals surface area contributed by atoms with E-state index in [2.05, 4.69) is 4.90 Å². The average molecular weight is 446 g/mol. The smallest absolute Gasteiger partial charge is 0.260 e. The molecule has 166 valence electrons. The maximum absolute atomic E-state index is 14.0. The molecule has 1 saturated heterocycles. The summed E-state index contributed by atoms with van der Waals surface area (Å²) in [5.74, 6) is -0.679. The minimum atomic E-state index is -3.69. The van der Waals surface area contributed by atoms with Gasteiger partial charge in [-0.25, -0.2) is 17.1 Å². The summed E-state index contributed by atoms with van der Waals surface area (Å²) in [6, 6.07) is 9.33. The summed E-state index contributed by atoms with van der Waals surface area (Å²) in [6.45, 7) is 2.12. The Kier molecular flexibility index (Phi) is 6.03. The fourth-order valence-electron chi connectivity index (χ4n) is 4.37. The molecule has 31 heavy (non-hydrogen) atoms. The maximum Gasteiger partial charge on any atom is 0.260 e. The summed E-state index contributed by atoms with van der Waals surface area (Å²) in [5.41, 5.74) is 2.59. The average Bonchev–Trinajstić information content (AvgIpc) is 2.78. The van der Waals surface area contributed by atoms with Crippen LogP contribution < -0.4 is 9.80 Å². The van der Waals surface area contributed by atoms with Crippen LogP contribution in [-0.2, 0) is 16.4 Å². The van der Waals surface area contributed by atoms with Crippen LogP contribution in [0, 0.1) is 5.82 Å². The predicted molar refractivity (Wildman–Crippen MR) is 120 cm³/mol. The van der Waals surface area contributed by atoms with Crippen molar-refractivity contribution in [2.24, 2.45) is 0 Å². The number of amides is 1. The van der Waals surface area contributed by atoms with Crippen LogP contribution in [0.15, 0.2) is 41.3 Å². The van der Waals surface area contributed by atoms with E-state index in [1.807, 2.05) is 0 Å². The standard InChI is InChI=1S/C23H28FN3O3S/c1-25(2)31(29,30)19-10-11-21(26-12-4-3-5-13-26)20(16-19)23(28)27-14-6-7-17-8-9-18(24)15-22(17)27/h8-11,15-16H,3-7,12-14H2,1-2H3. The summed E-state index contributed by atoms with van der Waals surface area (Å²) in [5, 5.41) is 0. The van der Waals surface area contributed by atoms with Crippen LogP contribution in [0.1, 0.15) is 41.6 Å². The van der Waals surface area contributed by atoms with E-state index in [0.29, 0.717) is 17.8 Å². The van der Waals surface area contributed by atoms with Gasteiger partial charge in [0.1, 0.15) is 5.82 Å². The van der Waals surface area contributed by atoms with Crippen molar-refractivity contribution in [3.63, 3.8) is 0 Å². The van der Waals surface area contributed by atoms with E-state index in [1.54, 1.807) is 23.1 Å². The summed E-state index contributed by atoms with van der Waals surface area (Å²) >= 11 is 0. The molecule has 2 aromatic rings. The first-order valence-corrected chi connectivity index (χ1v) is 12.1. The molecule has 0 saturated carbocycles. The third kappa shape index (κ3) is 4.19. The molecule has 0 N–H and O–H groups in total. The van der Waals surface area contributed by atoms with E-state index in [1.165, 1.54) is 32.3 Å². The van der Waals surface area contributed by atoms with E-state index in [-0.39, 0.29) is 10.8 Å². The molecule has 1 fully saturated rings. The molecule has 0 spiro atoms. The van der Waals surface area contributed by atoms with Gasteiger partial charge in [0.25, 0.3) is 5.91 Å². The zero-order chi connectivity index (χ0) is 22.2. The van der Waals surface area contributed by atoms with Gasteiger partial charge in [0.15, 0.2) is 0 Å². The Morgan fingerprint density at radius 3 is 2.39 bits per heavy atom. The highest BCUT2D eigenvalue weighted by atomic mass is 32.2. The number of carbonyl (C=O) groups excluding carboxylic acids is 1. The van der Waals surface area contributed by atoms with Gasteiger partial charge in [-0.2, -0.15) is 0 Å².